The van der Waals surface area contributed by atoms with E-state index in [1.807, 2.05) is 13.8 Å². The van der Waals surface area contributed by atoms with Crippen molar-refractivity contribution in [3.63, 3.8) is 0 Å². The van der Waals surface area contributed by atoms with Crippen molar-refractivity contribution in [3.05, 3.63) is 38.7 Å². The van der Waals surface area contributed by atoms with Crippen LogP contribution in [0.25, 0.3) is 0 Å². The molecule has 2 aromatic rings. The van der Waals surface area contributed by atoms with E-state index in [1.165, 1.54) is 30.6 Å². The number of hydrogen-bond acceptors (Lipinski definition) is 8. The summed E-state index contributed by atoms with van der Waals surface area (Å²) in [5.74, 6) is -1.73. The Morgan fingerprint density at radius 1 is 1.17 bits per heavy atom. The van der Waals surface area contributed by atoms with Crippen molar-refractivity contribution >= 4 is 51.5 Å². The molecule has 0 aliphatic rings. The second-order valence-corrected chi connectivity index (χ2v) is 7.75. The van der Waals surface area contributed by atoms with Crippen LogP contribution in [-0.2, 0) is 20.7 Å². The molecule has 0 aliphatic carbocycles. The van der Waals surface area contributed by atoms with E-state index in [9.17, 15) is 14.4 Å². The van der Waals surface area contributed by atoms with E-state index in [4.69, 9.17) is 31.5 Å². The van der Waals surface area contributed by atoms with E-state index >= 15 is 0 Å². The molecule has 30 heavy (non-hydrogen) atoms. The zero-order valence-electron chi connectivity index (χ0n) is 17.1. The highest BCUT2D eigenvalue weighted by Gasteiger charge is 2.24. The normalized spacial score (nSPS) is 10.4. The predicted molar refractivity (Wildman–Crippen MR) is 116 cm³/mol. The highest BCUT2D eigenvalue weighted by Crippen LogP contribution is 2.34. The first kappa shape index (κ1) is 23.5. The molecule has 0 bridgehead atoms. The Morgan fingerprint density at radius 2 is 1.87 bits per heavy atom. The van der Waals surface area contributed by atoms with Crippen LogP contribution in [0.3, 0.4) is 0 Å². The molecule has 1 amide bonds. The molecule has 0 atom stereocenters. The Labute approximate surface area is 183 Å². The third-order valence-corrected chi connectivity index (χ3v) is 5.56. The first-order valence-corrected chi connectivity index (χ1v) is 10.3. The van der Waals surface area contributed by atoms with Crippen molar-refractivity contribution in [1.29, 1.82) is 0 Å². The quantitative estimate of drug-likeness (QED) is 0.459. The number of carbonyl (C=O) groups excluding carboxylic acids is 3. The van der Waals surface area contributed by atoms with Crippen molar-refractivity contribution in [1.82, 2.24) is 0 Å². The first-order chi connectivity index (χ1) is 14.2. The van der Waals surface area contributed by atoms with Crippen molar-refractivity contribution in [3.8, 4) is 5.75 Å². The lowest BCUT2D eigenvalue weighted by atomic mass is 10.1. The molecule has 1 aromatic carbocycles. The Kier molecular flexibility index (Phi) is 8.08. The fourth-order valence-electron chi connectivity index (χ4n) is 2.78. The minimum atomic E-state index is -0.800. The van der Waals surface area contributed by atoms with Crippen molar-refractivity contribution < 1.29 is 28.6 Å². The van der Waals surface area contributed by atoms with Crippen LogP contribution >= 0.6 is 22.9 Å². The summed E-state index contributed by atoms with van der Waals surface area (Å²) in [6, 6.07) is 2.70. The molecule has 0 aliphatic heterocycles. The van der Waals surface area contributed by atoms with Crippen LogP contribution in [-0.4, -0.2) is 38.2 Å². The van der Waals surface area contributed by atoms with Crippen molar-refractivity contribution in [2.24, 2.45) is 0 Å². The maximum atomic E-state index is 12.4. The number of carbonyl (C=O) groups is 3. The minimum Gasteiger partial charge on any atom is -0.496 e. The number of anilines is 2. The van der Waals surface area contributed by atoms with Gasteiger partial charge in [0.05, 0.1) is 30.0 Å². The number of hydrogen-bond donors (Lipinski definition) is 2. The number of nitrogens with one attached hydrogen (secondary N) is 1. The van der Waals surface area contributed by atoms with Crippen LogP contribution < -0.4 is 15.8 Å². The number of esters is 2. The number of aryl methyl sites for hydroxylation is 1. The summed E-state index contributed by atoms with van der Waals surface area (Å²) in [5, 5.41) is 3.14. The Morgan fingerprint density at radius 3 is 2.47 bits per heavy atom. The van der Waals surface area contributed by atoms with E-state index in [2.05, 4.69) is 5.32 Å². The van der Waals surface area contributed by atoms with Gasteiger partial charge in [0.25, 0.3) is 5.91 Å². The van der Waals surface area contributed by atoms with Gasteiger partial charge in [-0.15, -0.1) is 11.3 Å². The van der Waals surface area contributed by atoms with E-state index < -0.39 is 24.5 Å². The number of nitrogens with two attached hydrogens (primary N) is 1. The average Bonchev–Trinajstić information content (AvgIpc) is 3.02. The van der Waals surface area contributed by atoms with Crippen LogP contribution in [0.1, 0.15) is 45.0 Å². The van der Waals surface area contributed by atoms with Gasteiger partial charge in [0.1, 0.15) is 16.3 Å². The van der Waals surface area contributed by atoms with Gasteiger partial charge in [-0.05, 0) is 31.9 Å². The van der Waals surface area contributed by atoms with Gasteiger partial charge in [-0.2, -0.15) is 0 Å². The van der Waals surface area contributed by atoms with E-state index in [0.29, 0.717) is 17.0 Å². The SMILES string of the molecule is CCOC(=O)c1c(NC(=O)COC(=O)c2cc(Cl)c(N)cc2OC)sc(C)c1CC. The third kappa shape index (κ3) is 5.22. The molecule has 0 saturated carbocycles. The lowest BCUT2D eigenvalue weighted by molar-refractivity contribution is -0.119. The van der Waals surface area contributed by atoms with Gasteiger partial charge in [-0.3, -0.25) is 4.79 Å². The van der Waals surface area contributed by atoms with Gasteiger partial charge in [0.2, 0.25) is 0 Å². The molecule has 2 rings (SSSR count). The first-order valence-electron chi connectivity index (χ1n) is 9.12. The predicted octanol–water partition coefficient (Wildman–Crippen LogP) is 3.84. The van der Waals surface area contributed by atoms with E-state index in [0.717, 1.165) is 10.4 Å². The van der Waals surface area contributed by atoms with Crippen molar-refractivity contribution in [2.45, 2.75) is 27.2 Å². The summed E-state index contributed by atoms with van der Waals surface area (Å²) in [5.41, 5.74) is 7.12. The number of thiophene rings is 1. The van der Waals surface area contributed by atoms with Crippen LogP contribution in [0, 0.1) is 6.92 Å². The van der Waals surface area contributed by atoms with E-state index in [1.54, 1.807) is 6.92 Å². The molecular weight excluding hydrogens is 432 g/mol. The maximum absolute atomic E-state index is 12.4. The Balaban J connectivity index is 2.13. The second kappa shape index (κ2) is 10.3. The fourth-order valence-corrected chi connectivity index (χ4v) is 4.09. The van der Waals surface area contributed by atoms with E-state index in [-0.39, 0.29) is 28.6 Å². The topological polar surface area (TPSA) is 117 Å². The molecule has 0 unspecified atom stereocenters. The van der Waals surface area contributed by atoms with Gasteiger partial charge in [0.15, 0.2) is 6.61 Å². The summed E-state index contributed by atoms with van der Waals surface area (Å²) in [6.45, 7) is 5.13. The molecule has 0 saturated heterocycles. The van der Waals surface area contributed by atoms with Gasteiger partial charge >= 0.3 is 11.9 Å². The third-order valence-electron chi connectivity index (χ3n) is 4.17. The lowest BCUT2D eigenvalue weighted by Crippen LogP contribution is -2.22. The van der Waals surface area contributed by atoms with Crippen LogP contribution in [0.2, 0.25) is 5.02 Å². The number of amides is 1. The monoisotopic (exact) mass is 454 g/mol. The second-order valence-electron chi connectivity index (χ2n) is 6.11. The van der Waals surface area contributed by atoms with Gasteiger partial charge in [-0.25, -0.2) is 9.59 Å². The highest BCUT2D eigenvalue weighted by atomic mass is 35.5. The standard InChI is InChI=1S/C20H23ClN2O6S/c1-5-11-10(3)30-18(17(11)20(26)28-6-2)23-16(24)9-29-19(25)12-7-13(21)14(22)8-15(12)27-4/h7-8H,5-6,9,22H2,1-4H3,(H,23,24). The van der Waals surface area contributed by atoms with Gasteiger partial charge < -0.3 is 25.3 Å². The van der Waals surface area contributed by atoms with Gasteiger partial charge in [-0.1, -0.05) is 18.5 Å². The van der Waals surface area contributed by atoms with Gasteiger partial charge in [0, 0.05) is 10.9 Å². The molecule has 1 aromatic heterocycles. The lowest BCUT2D eigenvalue weighted by Gasteiger charge is -2.11. The summed E-state index contributed by atoms with van der Waals surface area (Å²) < 4.78 is 15.3. The zero-order chi connectivity index (χ0) is 22.4. The highest BCUT2D eigenvalue weighted by molar-refractivity contribution is 7.16. The molecule has 10 heteroatoms. The number of methoxy groups -OCH3 is 1. The Bertz CT molecular complexity index is 973. The summed E-state index contributed by atoms with van der Waals surface area (Å²) in [7, 11) is 1.37. The Hall–Kier alpha value is -2.78. The minimum absolute atomic E-state index is 0.0388. The smallest absolute Gasteiger partial charge is 0.342 e. The molecule has 162 valence electrons. The largest absolute Gasteiger partial charge is 0.496 e. The average molecular weight is 455 g/mol. The van der Waals surface area contributed by atoms with Crippen LogP contribution in [0.4, 0.5) is 10.7 Å². The molecule has 8 nitrogen and oxygen atoms in total. The van der Waals surface area contributed by atoms with Crippen LogP contribution in [0.5, 0.6) is 5.75 Å². The van der Waals surface area contributed by atoms with Crippen molar-refractivity contribution in [2.75, 3.05) is 31.4 Å². The summed E-state index contributed by atoms with van der Waals surface area (Å²) >= 11 is 7.21. The number of halogens is 1. The zero-order valence-corrected chi connectivity index (χ0v) is 18.7. The molecule has 3 N–H and O–H groups in total. The molecule has 0 radical (unpaired) electrons. The maximum Gasteiger partial charge on any atom is 0.342 e. The molecule has 0 spiro atoms. The fraction of sp³-hybridized carbons (Fsp3) is 0.350. The summed E-state index contributed by atoms with van der Waals surface area (Å²) in [6.07, 6.45) is 0.610. The number of benzene rings is 1. The summed E-state index contributed by atoms with van der Waals surface area (Å²) in [4.78, 5) is 37.9. The molecular formula is C20H23ClN2O6S. The number of ether oxygens (including phenoxy) is 3. The van der Waals surface area contributed by atoms with Crippen LogP contribution in [0.15, 0.2) is 12.1 Å². The molecule has 1 heterocycles. The number of rotatable bonds is 8. The number of nitrogen functional groups attached to an aromatic ring is 1. The molecule has 0 fully saturated rings.